The SMILES string of the molecule is c1cncc([C@@H]2Nc3ccccc3[C@@H]3c4[nH]c5ccccc5c4CC[NH+]32)c1. The molecular formula is C23H21N4+. The smallest absolute Gasteiger partial charge is 0.189 e. The summed E-state index contributed by atoms with van der Waals surface area (Å²) in [5.41, 5.74) is 7.96. The molecule has 132 valence electrons. The first-order valence-corrected chi connectivity index (χ1v) is 9.60. The van der Waals surface area contributed by atoms with Gasteiger partial charge in [0.05, 0.1) is 12.2 Å². The number of hydrogen-bond donors (Lipinski definition) is 3. The number of anilines is 1. The van der Waals surface area contributed by atoms with Crippen LogP contribution in [0, 0.1) is 0 Å². The molecule has 4 heteroatoms. The van der Waals surface area contributed by atoms with Gasteiger partial charge in [0, 0.05) is 46.5 Å². The third-order valence-electron chi connectivity index (χ3n) is 6.13. The van der Waals surface area contributed by atoms with E-state index in [1.807, 2.05) is 18.5 Å². The molecule has 0 radical (unpaired) electrons. The molecule has 0 aliphatic carbocycles. The molecule has 2 aromatic heterocycles. The van der Waals surface area contributed by atoms with Crippen molar-refractivity contribution in [3.05, 3.63) is 95.4 Å². The van der Waals surface area contributed by atoms with Crippen LogP contribution in [0.15, 0.2) is 73.1 Å². The number of aromatic amines is 1. The summed E-state index contributed by atoms with van der Waals surface area (Å²) in [6.45, 7) is 1.10. The number of fused-ring (bicyclic) bond motifs is 7. The lowest BCUT2D eigenvalue weighted by atomic mass is 9.88. The number of para-hydroxylation sites is 2. The van der Waals surface area contributed by atoms with Gasteiger partial charge in [-0.2, -0.15) is 0 Å². The second-order valence-electron chi connectivity index (χ2n) is 7.52. The van der Waals surface area contributed by atoms with Crippen LogP contribution >= 0.6 is 0 Å². The number of H-pyrrole nitrogens is 1. The maximum atomic E-state index is 4.37. The van der Waals surface area contributed by atoms with Gasteiger partial charge in [-0.1, -0.05) is 36.4 Å². The largest absolute Gasteiger partial charge is 0.353 e. The number of quaternary nitrogens is 1. The molecule has 3 atom stereocenters. The molecule has 4 heterocycles. The van der Waals surface area contributed by atoms with Gasteiger partial charge in [0.25, 0.3) is 0 Å². The first kappa shape index (κ1) is 15.0. The molecule has 0 saturated heterocycles. The highest BCUT2D eigenvalue weighted by atomic mass is 15.3. The molecule has 27 heavy (non-hydrogen) atoms. The zero-order valence-electron chi connectivity index (χ0n) is 14.9. The number of hydrogen-bond acceptors (Lipinski definition) is 2. The summed E-state index contributed by atoms with van der Waals surface area (Å²) in [5, 5.41) is 5.16. The van der Waals surface area contributed by atoms with Gasteiger partial charge >= 0.3 is 0 Å². The average Bonchev–Trinajstić information content (AvgIpc) is 3.12. The molecule has 0 spiro atoms. The highest BCUT2D eigenvalue weighted by Gasteiger charge is 2.44. The molecule has 2 aliphatic heterocycles. The van der Waals surface area contributed by atoms with Crippen LogP contribution in [0.5, 0.6) is 0 Å². The van der Waals surface area contributed by atoms with Gasteiger partial charge in [-0.15, -0.1) is 0 Å². The van der Waals surface area contributed by atoms with E-state index in [9.17, 15) is 0 Å². The minimum absolute atomic E-state index is 0.207. The summed E-state index contributed by atoms with van der Waals surface area (Å²) < 4.78 is 0. The molecule has 1 unspecified atom stereocenters. The quantitative estimate of drug-likeness (QED) is 0.492. The maximum Gasteiger partial charge on any atom is 0.189 e. The van der Waals surface area contributed by atoms with Crippen LogP contribution in [0.3, 0.4) is 0 Å². The lowest BCUT2D eigenvalue weighted by molar-refractivity contribution is -0.956. The number of benzene rings is 2. The summed E-state index contributed by atoms with van der Waals surface area (Å²) in [6, 6.07) is 22.0. The van der Waals surface area contributed by atoms with Gasteiger partial charge in [0.2, 0.25) is 0 Å². The van der Waals surface area contributed by atoms with Gasteiger partial charge in [0.1, 0.15) is 0 Å². The molecule has 2 aliphatic rings. The number of pyridine rings is 1. The predicted molar refractivity (Wildman–Crippen MR) is 107 cm³/mol. The highest BCUT2D eigenvalue weighted by Crippen LogP contribution is 2.38. The van der Waals surface area contributed by atoms with Crippen LogP contribution in [0.4, 0.5) is 5.69 Å². The van der Waals surface area contributed by atoms with E-state index < -0.39 is 0 Å². The van der Waals surface area contributed by atoms with Crippen molar-refractivity contribution in [1.82, 2.24) is 9.97 Å². The molecule has 3 N–H and O–H groups in total. The van der Waals surface area contributed by atoms with E-state index in [1.165, 1.54) is 39.0 Å². The summed E-state index contributed by atoms with van der Waals surface area (Å²) >= 11 is 0. The summed E-state index contributed by atoms with van der Waals surface area (Å²) in [4.78, 5) is 9.68. The molecule has 0 fully saturated rings. The Morgan fingerprint density at radius 3 is 2.78 bits per heavy atom. The Morgan fingerprint density at radius 1 is 0.963 bits per heavy atom. The van der Waals surface area contributed by atoms with Crippen LogP contribution in [0.2, 0.25) is 0 Å². The number of nitrogens with zero attached hydrogens (tertiary/aromatic N) is 1. The topological polar surface area (TPSA) is 45.1 Å². The predicted octanol–water partition coefficient (Wildman–Crippen LogP) is 3.22. The molecule has 2 aromatic carbocycles. The maximum absolute atomic E-state index is 4.37. The number of aromatic nitrogens is 2. The molecular weight excluding hydrogens is 332 g/mol. The fourth-order valence-corrected chi connectivity index (χ4v) is 4.97. The highest BCUT2D eigenvalue weighted by molar-refractivity contribution is 5.85. The molecule has 0 amide bonds. The molecule has 4 aromatic rings. The second-order valence-corrected chi connectivity index (χ2v) is 7.52. The first-order chi connectivity index (χ1) is 13.4. The second kappa shape index (κ2) is 5.69. The van der Waals surface area contributed by atoms with E-state index >= 15 is 0 Å². The molecule has 0 bridgehead atoms. The molecule has 4 nitrogen and oxygen atoms in total. The standard InChI is InChI=1S/C23H20N4/c1-3-9-19-16(7-1)17-11-13-27-22(21(17)25-19)18-8-2-4-10-20(18)26-23(27)15-6-5-12-24-14-15/h1-10,12,14,22-23,25-26H,11,13H2/p+1/t22-,23-/m1/s1. The Morgan fingerprint density at radius 2 is 1.85 bits per heavy atom. The van der Waals surface area contributed by atoms with Crippen molar-refractivity contribution in [3.63, 3.8) is 0 Å². The fraction of sp³-hybridized carbons (Fsp3) is 0.174. The minimum Gasteiger partial charge on any atom is -0.353 e. The van der Waals surface area contributed by atoms with Gasteiger partial charge in [0.15, 0.2) is 12.2 Å². The van der Waals surface area contributed by atoms with Crippen molar-refractivity contribution in [2.24, 2.45) is 0 Å². The van der Waals surface area contributed by atoms with Gasteiger partial charge in [-0.05, 0) is 29.8 Å². The molecule has 6 rings (SSSR count). The van der Waals surface area contributed by atoms with Gasteiger partial charge in [-0.25, -0.2) is 0 Å². The summed E-state index contributed by atoms with van der Waals surface area (Å²) in [7, 11) is 0. The van der Waals surface area contributed by atoms with Crippen LogP contribution in [-0.4, -0.2) is 16.5 Å². The Bertz CT molecular complexity index is 1130. The molecule has 0 saturated carbocycles. The Hall–Kier alpha value is -3.11. The zero-order chi connectivity index (χ0) is 17.8. The van der Waals surface area contributed by atoms with E-state index in [1.54, 1.807) is 4.90 Å². The minimum atomic E-state index is 0.207. The Kier molecular flexibility index (Phi) is 3.16. The van der Waals surface area contributed by atoms with Crippen LogP contribution in [0.25, 0.3) is 10.9 Å². The van der Waals surface area contributed by atoms with E-state index in [0.717, 1.165) is 13.0 Å². The van der Waals surface area contributed by atoms with E-state index in [0.29, 0.717) is 6.04 Å². The average molecular weight is 353 g/mol. The van der Waals surface area contributed by atoms with Crippen molar-refractivity contribution in [3.8, 4) is 0 Å². The first-order valence-electron chi connectivity index (χ1n) is 9.60. The van der Waals surface area contributed by atoms with Crippen LogP contribution in [-0.2, 0) is 6.42 Å². The van der Waals surface area contributed by atoms with Crippen molar-refractivity contribution < 1.29 is 4.90 Å². The summed E-state index contributed by atoms with van der Waals surface area (Å²) in [6.07, 6.45) is 5.14. The third kappa shape index (κ3) is 2.17. The van der Waals surface area contributed by atoms with Crippen molar-refractivity contribution in [2.75, 3.05) is 11.9 Å². The van der Waals surface area contributed by atoms with Crippen molar-refractivity contribution >= 4 is 16.6 Å². The normalized spacial score (nSPS) is 23.2. The number of nitrogens with one attached hydrogen (secondary N) is 3. The lowest BCUT2D eigenvalue weighted by Gasteiger charge is -2.43. The third-order valence-corrected chi connectivity index (χ3v) is 6.13. The van der Waals surface area contributed by atoms with Crippen LogP contribution in [0.1, 0.15) is 34.6 Å². The van der Waals surface area contributed by atoms with E-state index in [2.05, 4.69) is 69.9 Å². The summed E-state index contributed by atoms with van der Waals surface area (Å²) in [5.74, 6) is 0. The van der Waals surface area contributed by atoms with Gasteiger partial charge < -0.3 is 10.3 Å². The Labute approximate surface area is 157 Å². The van der Waals surface area contributed by atoms with Crippen molar-refractivity contribution in [1.29, 1.82) is 0 Å². The fourth-order valence-electron chi connectivity index (χ4n) is 4.97. The van der Waals surface area contributed by atoms with E-state index in [-0.39, 0.29) is 6.17 Å². The monoisotopic (exact) mass is 353 g/mol. The van der Waals surface area contributed by atoms with Crippen molar-refractivity contribution in [2.45, 2.75) is 18.6 Å². The van der Waals surface area contributed by atoms with E-state index in [4.69, 9.17) is 0 Å². The van der Waals surface area contributed by atoms with Gasteiger partial charge in [-0.3, -0.25) is 9.88 Å². The Balaban J connectivity index is 1.58. The zero-order valence-corrected chi connectivity index (χ0v) is 14.9. The number of rotatable bonds is 1. The van der Waals surface area contributed by atoms with Crippen LogP contribution < -0.4 is 10.2 Å². The lowest BCUT2D eigenvalue weighted by Crippen LogP contribution is -3.15.